The molecule has 2 aromatic carbocycles. The van der Waals surface area contributed by atoms with E-state index in [1.165, 1.54) is 0 Å². The molecule has 2 fully saturated rings. The average molecular weight is 590 g/mol. The first kappa shape index (κ1) is 30.2. The summed E-state index contributed by atoms with van der Waals surface area (Å²) in [5.41, 5.74) is 5.08. The zero-order valence-electron chi connectivity index (χ0n) is 24.6. The summed E-state index contributed by atoms with van der Waals surface area (Å²) in [5, 5.41) is 13.3. The standard InChI is InChI=1S/C32H39N5O6/c1-21-17-22(26-9-5-6-10-28(26)33-21)20-42-24-13-11-23(12-14-24)34-31(39)29-27(30(38)35-41)18-25(19-36(29)2)43-32(40)37-15-7-3-4-8-16-37/h5-6,9-14,17,25,27,29,41H,3-4,7-8,15-16,18-20H2,1-2H3,(H,34,39)(H,35,38)/t25-,27-,29-/m0/s1. The number of aromatic nitrogens is 1. The van der Waals surface area contributed by atoms with Crippen molar-refractivity contribution < 1.29 is 29.1 Å². The van der Waals surface area contributed by atoms with Crippen molar-refractivity contribution in [3.05, 3.63) is 65.9 Å². The number of anilines is 1. The maximum atomic E-state index is 13.4. The highest BCUT2D eigenvalue weighted by atomic mass is 16.6. The molecule has 3 N–H and O–H groups in total. The van der Waals surface area contributed by atoms with Gasteiger partial charge in [0, 0.05) is 42.0 Å². The van der Waals surface area contributed by atoms with E-state index in [9.17, 15) is 19.6 Å². The van der Waals surface area contributed by atoms with Crippen molar-refractivity contribution in [2.45, 2.75) is 57.8 Å². The first-order valence-electron chi connectivity index (χ1n) is 14.8. The van der Waals surface area contributed by atoms with Crippen LogP contribution in [0.15, 0.2) is 54.6 Å². The Bertz CT molecular complexity index is 1440. The fourth-order valence-electron chi connectivity index (χ4n) is 6.03. The summed E-state index contributed by atoms with van der Waals surface area (Å²) < 4.78 is 11.8. The van der Waals surface area contributed by atoms with E-state index in [-0.39, 0.29) is 13.0 Å². The minimum atomic E-state index is -0.924. The van der Waals surface area contributed by atoms with Crippen molar-refractivity contribution in [1.29, 1.82) is 0 Å². The van der Waals surface area contributed by atoms with E-state index < -0.39 is 36.0 Å². The number of fused-ring (bicyclic) bond motifs is 1. The number of carbonyl (C=O) groups excluding carboxylic acids is 3. The largest absolute Gasteiger partial charge is 0.489 e. The molecule has 0 aliphatic carbocycles. The number of hydrogen-bond acceptors (Lipinski definition) is 8. The number of amides is 3. The van der Waals surface area contributed by atoms with Crippen LogP contribution in [0.3, 0.4) is 0 Å². The van der Waals surface area contributed by atoms with E-state index in [4.69, 9.17) is 9.47 Å². The molecule has 2 aliphatic rings. The van der Waals surface area contributed by atoms with Crippen LogP contribution in [0.25, 0.3) is 10.9 Å². The fraction of sp³-hybridized carbons (Fsp3) is 0.438. The van der Waals surface area contributed by atoms with Gasteiger partial charge in [-0.25, -0.2) is 10.3 Å². The van der Waals surface area contributed by atoms with Gasteiger partial charge < -0.3 is 19.7 Å². The summed E-state index contributed by atoms with van der Waals surface area (Å²) in [6.07, 6.45) is 3.17. The lowest BCUT2D eigenvalue weighted by Crippen LogP contribution is -2.58. The first-order chi connectivity index (χ1) is 20.8. The highest BCUT2D eigenvalue weighted by Crippen LogP contribution is 2.28. The number of benzene rings is 2. The summed E-state index contributed by atoms with van der Waals surface area (Å²) >= 11 is 0. The monoisotopic (exact) mass is 589 g/mol. The molecular formula is C32H39N5O6. The Morgan fingerprint density at radius 1 is 1.00 bits per heavy atom. The summed E-state index contributed by atoms with van der Waals surface area (Å²) in [4.78, 5) is 46.8. The van der Waals surface area contributed by atoms with E-state index >= 15 is 0 Å². The Morgan fingerprint density at radius 2 is 1.72 bits per heavy atom. The number of hydrogen-bond donors (Lipinski definition) is 3. The Morgan fingerprint density at radius 3 is 2.44 bits per heavy atom. The smallest absolute Gasteiger partial charge is 0.410 e. The summed E-state index contributed by atoms with van der Waals surface area (Å²) in [6.45, 7) is 3.90. The van der Waals surface area contributed by atoms with Crippen LogP contribution in [-0.2, 0) is 20.9 Å². The van der Waals surface area contributed by atoms with Gasteiger partial charge in [0.1, 0.15) is 24.5 Å². The second-order valence-corrected chi connectivity index (χ2v) is 11.4. The van der Waals surface area contributed by atoms with E-state index in [2.05, 4.69) is 10.3 Å². The molecule has 228 valence electrons. The molecule has 0 unspecified atom stereocenters. The number of rotatable bonds is 7. The predicted octanol–water partition coefficient (Wildman–Crippen LogP) is 4.27. The van der Waals surface area contributed by atoms with E-state index in [0.29, 0.717) is 31.1 Å². The second kappa shape index (κ2) is 13.8. The molecule has 11 nitrogen and oxygen atoms in total. The predicted molar refractivity (Wildman–Crippen MR) is 161 cm³/mol. The van der Waals surface area contributed by atoms with Gasteiger partial charge in [0.25, 0.3) is 0 Å². The van der Waals surface area contributed by atoms with Crippen molar-refractivity contribution in [3.8, 4) is 5.75 Å². The molecule has 2 aliphatic heterocycles. The number of ether oxygens (including phenoxy) is 2. The SMILES string of the molecule is Cc1cc(COc2ccc(NC(=O)[C@@H]3[C@@H](C(=O)NO)C[C@H](OC(=O)N4CCCCCC4)CN3C)cc2)c2ccccc2n1. The van der Waals surface area contributed by atoms with Crippen molar-refractivity contribution in [1.82, 2.24) is 20.3 Å². The number of hydroxylamine groups is 1. The Hall–Kier alpha value is -4.22. The molecule has 43 heavy (non-hydrogen) atoms. The molecule has 1 aromatic heterocycles. The van der Waals surface area contributed by atoms with Gasteiger partial charge in [-0.3, -0.25) is 24.7 Å². The maximum Gasteiger partial charge on any atom is 0.410 e. The van der Waals surface area contributed by atoms with Gasteiger partial charge in [0.2, 0.25) is 11.8 Å². The number of carbonyl (C=O) groups is 3. The number of pyridine rings is 1. The Labute approximate surface area is 251 Å². The average Bonchev–Trinajstić information content (AvgIpc) is 3.30. The third-order valence-electron chi connectivity index (χ3n) is 8.16. The van der Waals surface area contributed by atoms with Crippen LogP contribution >= 0.6 is 0 Å². The van der Waals surface area contributed by atoms with E-state index in [1.807, 2.05) is 37.3 Å². The van der Waals surface area contributed by atoms with Gasteiger partial charge in [-0.1, -0.05) is 31.0 Å². The lowest BCUT2D eigenvalue weighted by molar-refractivity contribution is -0.144. The summed E-state index contributed by atoms with van der Waals surface area (Å²) in [7, 11) is 1.70. The van der Waals surface area contributed by atoms with Crippen LogP contribution < -0.4 is 15.5 Å². The third kappa shape index (κ3) is 7.41. The van der Waals surface area contributed by atoms with E-state index in [0.717, 1.165) is 47.8 Å². The van der Waals surface area contributed by atoms with Gasteiger partial charge in [-0.2, -0.15) is 0 Å². The quantitative estimate of drug-likeness (QED) is 0.275. The van der Waals surface area contributed by atoms with Gasteiger partial charge in [0.05, 0.1) is 11.4 Å². The van der Waals surface area contributed by atoms with Crippen molar-refractivity contribution in [3.63, 3.8) is 0 Å². The molecule has 0 spiro atoms. The fourth-order valence-corrected chi connectivity index (χ4v) is 6.03. The van der Waals surface area contributed by atoms with Crippen molar-refractivity contribution in [2.24, 2.45) is 5.92 Å². The van der Waals surface area contributed by atoms with Crippen LogP contribution in [0, 0.1) is 12.8 Å². The van der Waals surface area contributed by atoms with Crippen LogP contribution in [0.5, 0.6) is 5.75 Å². The number of para-hydroxylation sites is 1. The van der Waals surface area contributed by atoms with Crippen LogP contribution in [-0.4, -0.2) is 76.7 Å². The molecule has 2 saturated heterocycles. The number of likely N-dealkylation sites (tertiary alicyclic amines) is 2. The molecule has 5 rings (SSSR count). The number of nitrogens with zero attached hydrogens (tertiary/aromatic N) is 3. The number of aryl methyl sites for hydroxylation is 1. The van der Waals surface area contributed by atoms with Gasteiger partial charge in [-0.15, -0.1) is 0 Å². The van der Waals surface area contributed by atoms with Crippen LogP contribution in [0.2, 0.25) is 0 Å². The lowest BCUT2D eigenvalue weighted by Gasteiger charge is -2.40. The van der Waals surface area contributed by atoms with Crippen molar-refractivity contribution >= 4 is 34.5 Å². The zero-order valence-corrected chi connectivity index (χ0v) is 24.6. The summed E-state index contributed by atoms with van der Waals surface area (Å²) in [6, 6.07) is 16.1. The molecule has 3 atom stereocenters. The molecule has 0 saturated carbocycles. The van der Waals surface area contributed by atoms with E-state index in [1.54, 1.807) is 46.6 Å². The number of nitrogens with one attached hydrogen (secondary N) is 2. The maximum absolute atomic E-state index is 13.4. The molecule has 3 amide bonds. The lowest BCUT2D eigenvalue weighted by atomic mass is 9.86. The van der Waals surface area contributed by atoms with Crippen molar-refractivity contribution in [2.75, 3.05) is 32.0 Å². The minimum absolute atomic E-state index is 0.115. The van der Waals surface area contributed by atoms with Gasteiger partial charge in [0.15, 0.2) is 0 Å². The Balaban J connectivity index is 1.20. The topological polar surface area (TPSA) is 133 Å². The van der Waals surface area contributed by atoms with Crippen LogP contribution in [0.1, 0.15) is 43.4 Å². The molecule has 0 radical (unpaired) electrons. The molecule has 11 heteroatoms. The number of piperidine rings is 1. The molecule has 0 bridgehead atoms. The number of likely N-dealkylation sites (N-methyl/N-ethyl adjacent to an activating group) is 1. The summed E-state index contributed by atoms with van der Waals surface area (Å²) in [5.74, 6) is -1.39. The first-order valence-corrected chi connectivity index (χ1v) is 14.8. The second-order valence-electron chi connectivity index (χ2n) is 11.4. The highest BCUT2D eigenvalue weighted by Gasteiger charge is 2.44. The molecule has 3 aromatic rings. The van der Waals surface area contributed by atoms with Gasteiger partial charge in [-0.05, 0) is 69.6 Å². The van der Waals surface area contributed by atoms with Gasteiger partial charge >= 0.3 is 6.09 Å². The van der Waals surface area contributed by atoms with Crippen LogP contribution in [0.4, 0.5) is 10.5 Å². The third-order valence-corrected chi connectivity index (χ3v) is 8.16. The minimum Gasteiger partial charge on any atom is -0.489 e. The Kier molecular flexibility index (Phi) is 9.73. The normalized spacial score (nSPS) is 21.1. The highest BCUT2D eigenvalue weighted by molar-refractivity contribution is 5.98. The zero-order chi connectivity index (χ0) is 30.3. The molecular weight excluding hydrogens is 550 g/mol. The molecule has 3 heterocycles.